The zero-order chi connectivity index (χ0) is 22.5. The number of hydrogen-bond acceptors (Lipinski definition) is 10. The number of hydrogen-bond donors (Lipinski definition) is 0. The van der Waals surface area contributed by atoms with Crippen molar-refractivity contribution >= 4 is 23.1 Å². The Morgan fingerprint density at radius 2 is 1.81 bits per heavy atom. The van der Waals surface area contributed by atoms with Crippen molar-refractivity contribution in [2.45, 2.75) is 10.9 Å². The summed E-state index contributed by atoms with van der Waals surface area (Å²) < 4.78 is 23.4. The summed E-state index contributed by atoms with van der Waals surface area (Å²) in [7, 11) is 6.45. The summed E-state index contributed by atoms with van der Waals surface area (Å²) in [6, 6.07) is 11.2. The van der Waals surface area contributed by atoms with Gasteiger partial charge in [-0.25, -0.2) is 4.98 Å². The Morgan fingerprint density at radius 3 is 2.56 bits per heavy atom. The van der Waals surface area contributed by atoms with Gasteiger partial charge in [0.05, 0.1) is 39.7 Å². The van der Waals surface area contributed by atoms with Gasteiger partial charge in [0.2, 0.25) is 5.16 Å². The van der Waals surface area contributed by atoms with E-state index < -0.39 is 0 Å². The average Bonchev–Trinajstić information content (AvgIpc) is 3.51. The molecule has 9 nitrogen and oxygen atoms in total. The molecule has 2 heterocycles. The molecule has 0 saturated heterocycles. The van der Waals surface area contributed by atoms with E-state index in [1.165, 1.54) is 11.8 Å². The second-order valence-electron chi connectivity index (χ2n) is 6.38. The Bertz CT molecular complexity index is 1210. The average molecular weight is 472 g/mol. The molecule has 0 fully saturated rings. The summed E-state index contributed by atoms with van der Waals surface area (Å²) in [5, 5.41) is 15.6. The number of thiazole rings is 1. The van der Waals surface area contributed by atoms with Crippen LogP contribution >= 0.6 is 23.1 Å². The summed E-state index contributed by atoms with van der Waals surface area (Å²) in [4.78, 5) is 4.77. The summed E-state index contributed by atoms with van der Waals surface area (Å²) >= 11 is 3.02. The van der Waals surface area contributed by atoms with Crippen LogP contribution in [0, 0.1) is 0 Å². The molecule has 0 amide bonds. The van der Waals surface area contributed by atoms with Crippen LogP contribution in [0.5, 0.6) is 23.0 Å². The number of thioether (sulfide) groups is 1. The van der Waals surface area contributed by atoms with E-state index in [0.717, 1.165) is 16.3 Å². The Morgan fingerprint density at radius 1 is 0.969 bits per heavy atom. The number of aromatic nitrogens is 5. The molecule has 32 heavy (non-hydrogen) atoms. The lowest BCUT2D eigenvalue weighted by Crippen LogP contribution is -2.02. The third-order valence-corrected chi connectivity index (χ3v) is 6.47. The highest BCUT2D eigenvalue weighted by Gasteiger charge is 2.17. The van der Waals surface area contributed by atoms with Crippen LogP contribution in [0.4, 0.5) is 0 Å². The highest BCUT2D eigenvalue weighted by Crippen LogP contribution is 2.39. The summed E-state index contributed by atoms with van der Waals surface area (Å²) in [6.45, 7) is 0. The van der Waals surface area contributed by atoms with Crippen molar-refractivity contribution in [3.63, 3.8) is 0 Å². The molecule has 0 atom stereocenters. The van der Waals surface area contributed by atoms with Crippen molar-refractivity contribution in [3.8, 4) is 39.3 Å². The van der Waals surface area contributed by atoms with Gasteiger partial charge in [0, 0.05) is 17.2 Å². The first kappa shape index (κ1) is 21.9. The first-order valence-corrected chi connectivity index (χ1v) is 11.3. The maximum Gasteiger partial charge on any atom is 0.214 e. The molecule has 11 heteroatoms. The fourth-order valence-corrected chi connectivity index (χ4v) is 4.80. The van der Waals surface area contributed by atoms with E-state index in [2.05, 4.69) is 15.5 Å². The lowest BCUT2D eigenvalue weighted by Gasteiger charge is -2.11. The van der Waals surface area contributed by atoms with Crippen molar-refractivity contribution in [1.82, 2.24) is 25.2 Å². The standard InChI is InChI=1S/C21H21N5O4S2/c1-27-14-8-9-17(28-2)16(10-14)26-21(23-24-25-26)32-12-13-11-31-20(22-13)15-6-5-7-18(29-3)19(15)30-4/h5-11H,12H2,1-4H3. The second kappa shape index (κ2) is 9.88. The zero-order valence-corrected chi connectivity index (χ0v) is 19.6. The number of rotatable bonds is 9. The van der Waals surface area contributed by atoms with E-state index in [-0.39, 0.29) is 0 Å². The van der Waals surface area contributed by atoms with Crippen molar-refractivity contribution in [2.75, 3.05) is 28.4 Å². The van der Waals surface area contributed by atoms with Gasteiger partial charge in [-0.3, -0.25) is 0 Å². The minimum atomic E-state index is 0.593. The van der Waals surface area contributed by atoms with Crippen LogP contribution in [0.15, 0.2) is 46.9 Å². The predicted molar refractivity (Wildman–Crippen MR) is 122 cm³/mol. The maximum absolute atomic E-state index is 5.54. The molecular weight excluding hydrogens is 450 g/mol. The summed E-state index contributed by atoms with van der Waals surface area (Å²) in [5.41, 5.74) is 2.49. The lowest BCUT2D eigenvalue weighted by atomic mass is 10.2. The highest BCUT2D eigenvalue weighted by molar-refractivity contribution is 7.98. The predicted octanol–water partition coefficient (Wildman–Crippen LogP) is 4.11. The Labute approximate surface area is 193 Å². The number of benzene rings is 2. The first-order valence-electron chi connectivity index (χ1n) is 9.47. The molecule has 0 aliphatic rings. The molecule has 166 valence electrons. The SMILES string of the molecule is COc1ccc(OC)c(-n2nnnc2SCc2csc(-c3cccc(OC)c3OC)n2)c1. The van der Waals surface area contributed by atoms with Gasteiger partial charge in [-0.15, -0.1) is 16.4 Å². The van der Waals surface area contributed by atoms with Gasteiger partial charge in [-0.1, -0.05) is 17.8 Å². The topological polar surface area (TPSA) is 93.4 Å². The number of nitrogens with zero attached hydrogens (tertiary/aromatic N) is 5. The van der Waals surface area contributed by atoms with Crippen molar-refractivity contribution in [3.05, 3.63) is 47.5 Å². The minimum absolute atomic E-state index is 0.593. The third kappa shape index (κ3) is 4.34. The second-order valence-corrected chi connectivity index (χ2v) is 8.19. The van der Waals surface area contributed by atoms with Crippen LogP contribution in [-0.4, -0.2) is 53.6 Å². The quantitative estimate of drug-likeness (QED) is 0.334. The van der Waals surface area contributed by atoms with Crippen LogP contribution in [0.25, 0.3) is 16.3 Å². The molecule has 0 bridgehead atoms. The molecule has 2 aromatic carbocycles. The van der Waals surface area contributed by atoms with E-state index in [9.17, 15) is 0 Å². The van der Waals surface area contributed by atoms with Gasteiger partial charge in [0.15, 0.2) is 11.5 Å². The van der Waals surface area contributed by atoms with E-state index in [1.807, 2.05) is 41.8 Å². The van der Waals surface area contributed by atoms with Gasteiger partial charge in [-0.05, 0) is 34.7 Å². The van der Waals surface area contributed by atoms with Gasteiger partial charge in [-0.2, -0.15) is 4.68 Å². The summed E-state index contributed by atoms with van der Waals surface area (Å²) in [5.74, 6) is 3.25. The molecule has 4 rings (SSSR count). The number of tetrazole rings is 1. The Kier molecular flexibility index (Phi) is 6.76. The molecule has 0 spiro atoms. The van der Waals surface area contributed by atoms with E-state index >= 15 is 0 Å². The molecule has 0 unspecified atom stereocenters. The maximum atomic E-state index is 5.54. The normalized spacial score (nSPS) is 10.8. The van der Waals surface area contributed by atoms with Crippen molar-refractivity contribution in [2.24, 2.45) is 0 Å². The number of para-hydroxylation sites is 1. The van der Waals surface area contributed by atoms with Crippen LogP contribution in [0.1, 0.15) is 5.69 Å². The first-order chi connectivity index (χ1) is 15.7. The largest absolute Gasteiger partial charge is 0.497 e. The molecule has 0 aliphatic heterocycles. The van der Waals surface area contributed by atoms with Crippen LogP contribution in [0.3, 0.4) is 0 Å². The molecular formula is C21H21N5O4S2. The zero-order valence-electron chi connectivity index (χ0n) is 17.9. The van der Waals surface area contributed by atoms with Crippen LogP contribution in [-0.2, 0) is 5.75 Å². The fraction of sp³-hybridized carbons (Fsp3) is 0.238. The van der Waals surface area contributed by atoms with Crippen molar-refractivity contribution in [1.29, 1.82) is 0 Å². The van der Waals surface area contributed by atoms with Gasteiger partial charge < -0.3 is 18.9 Å². The molecule has 0 radical (unpaired) electrons. The smallest absolute Gasteiger partial charge is 0.214 e. The van der Waals surface area contributed by atoms with Crippen LogP contribution in [0.2, 0.25) is 0 Å². The Balaban J connectivity index is 1.56. The third-order valence-electron chi connectivity index (χ3n) is 4.59. The van der Waals surface area contributed by atoms with Crippen molar-refractivity contribution < 1.29 is 18.9 Å². The minimum Gasteiger partial charge on any atom is -0.497 e. The fourth-order valence-electron chi connectivity index (χ4n) is 3.07. The Hall–Kier alpha value is -3.31. The van der Waals surface area contributed by atoms with Gasteiger partial charge in [0.1, 0.15) is 22.2 Å². The lowest BCUT2D eigenvalue weighted by molar-refractivity contribution is 0.356. The van der Waals surface area contributed by atoms with E-state index in [0.29, 0.717) is 39.6 Å². The van der Waals surface area contributed by atoms with E-state index in [1.54, 1.807) is 44.5 Å². The van der Waals surface area contributed by atoms with Gasteiger partial charge in [0.25, 0.3) is 0 Å². The highest BCUT2D eigenvalue weighted by atomic mass is 32.2. The molecule has 4 aromatic rings. The molecule has 0 aliphatic carbocycles. The monoisotopic (exact) mass is 471 g/mol. The number of methoxy groups -OCH3 is 4. The van der Waals surface area contributed by atoms with Crippen LogP contribution < -0.4 is 18.9 Å². The molecule has 0 saturated carbocycles. The molecule has 2 aromatic heterocycles. The summed E-state index contributed by atoms with van der Waals surface area (Å²) in [6.07, 6.45) is 0. The number of ether oxygens (including phenoxy) is 4. The molecule has 0 N–H and O–H groups in total. The van der Waals surface area contributed by atoms with Gasteiger partial charge >= 0.3 is 0 Å². The van der Waals surface area contributed by atoms with E-state index in [4.69, 9.17) is 23.9 Å².